The van der Waals surface area contributed by atoms with Crippen molar-refractivity contribution < 1.29 is 22.7 Å². The lowest BCUT2D eigenvalue weighted by molar-refractivity contribution is -0.137. The molecule has 0 spiro atoms. The van der Waals surface area contributed by atoms with Gasteiger partial charge >= 0.3 is 12.3 Å². The van der Waals surface area contributed by atoms with Crippen LogP contribution in [0, 0.1) is 0 Å². The number of amides is 1. The van der Waals surface area contributed by atoms with Crippen LogP contribution in [0.2, 0.25) is 0 Å². The number of nitrogens with zero attached hydrogens (tertiary/aromatic N) is 1. The molecule has 18 heavy (non-hydrogen) atoms. The first kappa shape index (κ1) is 14.3. The van der Waals surface area contributed by atoms with E-state index in [1.54, 1.807) is 13.8 Å². The Hall–Kier alpha value is -1.72. The minimum Gasteiger partial charge on any atom is -0.449 e. The minimum absolute atomic E-state index is 0.172. The number of benzene rings is 1. The number of hydrogen-bond acceptors (Lipinski definition) is 2. The molecule has 1 rings (SSSR count). The van der Waals surface area contributed by atoms with Crippen molar-refractivity contribution in [3.8, 4) is 0 Å². The predicted octanol–water partition coefficient (Wildman–Crippen LogP) is 3.69. The first-order valence-corrected chi connectivity index (χ1v) is 5.51. The van der Waals surface area contributed by atoms with Gasteiger partial charge in [0, 0.05) is 12.2 Å². The Bertz CT molecular complexity index is 418. The molecule has 0 bridgehead atoms. The van der Waals surface area contributed by atoms with Crippen LogP contribution in [0.5, 0.6) is 0 Å². The molecule has 6 heteroatoms. The molecule has 0 aliphatic rings. The average Bonchev–Trinajstić information content (AvgIpc) is 2.29. The average molecular weight is 261 g/mol. The molecule has 100 valence electrons. The van der Waals surface area contributed by atoms with Crippen molar-refractivity contribution >= 4 is 11.8 Å². The summed E-state index contributed by atoms with van der Waals surface area (Å²) in [5.41, 5.74) is -0.617. The Morgan fingerprint density at radius 1 is 1.33 bits per heavy atom. The van der Waals surface area contributed by atoms with E-state index in [2.05, 4.69) is 0 Å². The highest BCUT2D eigenvalue weighted by Crippen LogP contribution is 2.31. The number of alkyl halides is 3. The summed E-state index contributed by atoms with van der Waals surface area (Å²) in [4.78, 5) is 12.7. The molecule has 1 amide bonds. The van der Waals surface area contributed by atoms with E-state index in [1.165, 1.54) is 12.1 Å². The van der Waals surface area contributed by atoms with Gasteiger partial charge in [0.25, 0.3) is 0 Å². The van der Waals surface area contributed by atoms with Crippen molar-refractivity contribution in [3.05, 3.63) is 29.8 Å². The number of ether oxygens (including phenoxy) is 1. The van der Waals surface area contributed by atoms with Crippen molar-refractivity contribution in [1.82, 2.24) is 0 Å². The number of anilines is 1. The Kier molecular flexibility index (Phi) is 4.58. The van der Waals surface area contributed by atoms with Crippen molar-refractivity contribution in [2.45, 2.75) is 20.0 Å². The van der Waals surface area contributed by atoms with Crippen molar-refractivity contribution in [2.24, 2.45) is 0 Å². The number of carbonyl (C=O) groups excluding carboxylic acids is 1. The summed E-state index contributed by atoms with van der Waals surface area (Å²) in [6.45, 7) is 3.71. The van der Waals surface area contributed by atoms with Gasteiger partial charge in [0.05, 0.1) is 12.2 Å². The zero-order chi connectivity index (χ0) is 13.8. The third-order valence-electron chi connectivity index (χ3n) is 2.29. The van der Waals surface area contributed by atoms with Crippen LogP contribution >= 0.6 is 0 Å². The summed E-state index contributed by atoms with van der Waals surface area (Å²) in [5, 5.41) is 0. The second-order valence-corrected chi connectivity index (χ2v) is 3.49. The van der Waals surface area contributed by atoms with Gasteiger partial charge in [0.15, 0.2) is 0 Å². The smallest absolute Gasteiger partial charge is 0.416 e. The minimum atomic E-state index is -4.43. The van der Waals surface area contributed by atoms with E-state index < -0.39 is 17.8 Å². The molecule has 1 aromatic rings. The van der Waals surface area contributed by atoms with Crippen LogP contribution in [-0.4, -0.2) is 19.2 Å². The first-order chi connectivity index (χ1) is 8.40. The van der Waals surface area contributed by atoms with Gasteiger partial charge in [-0.15, -0.1) is 0 Å². The van der Waals surface area contributed by atoms with Gasteiger partial charge in [-0.2, -0.15) is 13.2 Å². The normalized spacial score (nSPS) is 11.2. The number of carbonyl (C=O) groups is 1. The monoisotopic (exact) mass is 261 g/mol. The standard InChI is InChI=1S/C12H14F3NO2/c1-3-16(11(17)18-4-2)10-7-5-6-9(8-10)12(13,14)15/h5-8H,3-4H2,1-2H3. The topological polar surface area (TPSA) is 29.5 Å². The molecule has 3 nitrogen and oxygen atoms in total. The molecule has 0 unspecified atom stereocenters. The van der Waals surface area contributed by atoms with Crippen LogP contribution in [0.25, 0.3) is 0 Å². The second-order valence-electron chi connectivity index (χ2n) is 3.49. The largest absolute Gasteiger partial charge is 0.449 e. The van der Waals surface area contributed by atoms with E-state index in [-0.39, 0.29) is 18.8 Å². The van der Waals surface area contributed by atoms with E-state index in [9.17, 15) is 18.0 Å². The summed E-state index contributed by atoms with van der Waals surface area (Å²) >= 11 is 0. The Morgan fingerprint density at radius 2 is 2.00 bits per heavy atom. The SMILES string of the molecule is CCOC(=O)N(CC)c1cccc(C(F)(F)F)c1. The van der Waals surface area contributed by atoms with Crippen LogP contribution in [0.1, 0.15) is 19.4 Å². The third-order valence-corrected chi connectivity index (χ3v) is 2.29. The second kappa shape index (κ2) is 5.75. The van der Waals surface area contributed by atoms with E-state index >= 15 is 0 Å². The van der Waals surface area contributed by atoms with E-state index in [4.69, 9.17) is 4.74 Å². The van der Waals surface area contributed by atoms with E-state index in [1.807, 2.05) is 0 Å². The van der Waals surface area contributed by atoms with Crippen LogP contribution in [0.4, 0.5) is 23.7 Å². The lowest BCUT2D eigenvalue weighted by atomic mass is 10.2. The van der Waals surface area contributed by atoms with Crippen LogP contribution in [-0.2, 0) is 10.9 Å². The molecule has 0 aliphatic heterocycles. The maximum Gasteiger partial charge on any atom is 0.416 e. The highest BCUT2D eigenvalue weighted by Gasteiger charge is 2.31. The Balaban J connectivity index is 3.04. The predicted molar refractivity (Wildman–Crippen MR) is 61.5 cm³/mol. The molecule has 0 radical (unpaired) electrons. The summed E-state index contributed by atoms with van der Waals surface area (Å²) in [6.07, 6.45) is -5.08. The number of halogens is 3. The summed E-state index contributed by atoms with van der Waals surface area (Å²) < 4.78 is 42.4. The summed E-state index contributed by atoms with van der Waals surface area (Å²) in [7, 11) is 0. The molecule has 0 aliphatic carbocycles. The quantitative estimate of drug-likeness (QED) is 0.830. The van der Waals surface area contributed by atoms with Gasteiger partial charge in [0.1, 0.15) is 0 Å². The first-order valence-electron chi connectivity index (χ1n) is 5.51. The number of rotatable bonds is 3. The van der Waals surface area contributed by atoms with Gasteiger partial charge in [-0.05, 0) is 32.0 Å². The maximum absolute atomic E-state index is 12.5. The van der Waals surface area contributed by atoms with Gasteiger partial charge in [0.2, 0.25) is 0 Å². The fourth-order valence-corrected chi connectivity index (χ4v) is 1.47. The molecule has 0 aromatic heterocycles. The molecule has 1 aromatic carbocycles. The number of hydrogen-bond donors (Lipinski definition) is 0. The van der Waals surface area contributed by atoms with Crippen LogP contribution < -0.4 is 4.90 Å². The van der Waals surface area contributed by atoms with Crippen LogP contribution in [0.3, 0.4) is 0 Å². The van der Waals surface area contributed by atoms with Gasteiger partial charge < -0.3 is 4.74 Å². The zero-order valence-corrected chi connectivity index (χ0v) is 10.1. The maximum atomic E-state index is 12.5. The summed E-state index contributed by atoms with van der Waals surface area (Å²) in [5.74, 6) is 0. The molecule has 0 N–H and O–H groups in total. The molecule has 0 saturated carbocycles. The van der Waals surface area contributed by atoms with E-state index in [0.29, 0.717) is 0 Å². The molecule has 0 heterocycles. The lowest BCUT2D eigenvalue weighted by Gasteiger charge is -2.21. The Labute approximate surface area is 103 Å². The molecular weight excluding hydrogens is 247 g/mol. The summed E-state index contributed by atoms with van der Waals surface area (Å²) in [6, 6.07) is 4.60. The molecule has 0 fully saturated rings. The fraction of sp³-hybridized carbons (Fsp3) is 0.417. The molecule has 0 atom stereocenters. The highest BCUT2D eigenvalue weighted by molar-refractivity contribution is 5.87. The van der Waals surface area contributed by atoms with Crippen molar-refractivity contribution in [3.63, 3.8) is 0 Å². The molecular formula is C12H14F3NO2. The molecule has 0 saturated heterocycles. The highest BCUT2D eigenvalue weighted by atomic mass is 19.4. The van der Waals surface area contributed by atoms with Crippen LogP contribution in [0.15, 0.2) is 24.3 Å². The third kappa shape index (κ3) is 3.38. The van der Waals surface area contributed by atoms with Crippen molar-refractivity contribution in [2.75, 3.05) is 18.1 Å². The van der Waals surface area contributed by atoms with Crippen molar-refractivity contribution in [1.29, 1.82) is 0 Å². The Morgan fingerprint density at radius 3 is 2.50 bits per heavy atom. The van der Waals surface area contributed by atoms with Gasteiger partial charge in [-0.25, -0.2) is 4.79 Å². The van der Waals surface area contributed by atoms with Gasteiger partial charge in [-0.3, -0.25) is 4.90 Å². The fourth-order valence-electron chi connectivity index (χ4n) is 1.47. The van der Waals surface area contributed by atoms with E-state index in [0.717, 1.165) is 17.0 Å². The zero-order valence-electron chi connectivity index (χ0n) is 10.1. The van der Waals surface area contributed by atoms with Gasteiger partial charge in [-0.1, -0.05) is 6.07 Å². The lowest BCUT2D eigenvalue weighted by Crippen LogP contribution is -2.31.